The molecular formula is C21H19F3NO4-. The average Bonchev–Trinajstić information content (AvgIpc) is 2.69. The van der Waals surface area contributed by atoms with Gasteiger partial charge >= 0.3 is 12.1 Å². The van der Waals surface area contributed by atoms with Gasteiger partial charge in [-0.2, -0.15) is 13.2 Å². The lowest BCUT2D eigenvalue weighted by Gasteiger charge is -2.47. The van der Waals surface area contributed by atoms with Crippen LogP contribution in [0.15, 0.2) is 60.7 Å². The summed E-state index contributed by atoms with van der Waals surface area (Å²) in [5.41, 5.74) is 1.13. The molecule has 3 atom stereocenters. The van der Waals surface area contributed by atoms with E-state index in [-0.39, 0.29) is 6.42 Å². The Kier molecular flexibility index (Phi) is 6.10. The van der Waals surface area contributed by atoms with Crippen LogP contribution in [-0.2, 0) is 9.53 Å². The van der Waals surface area contributed by atoms with Crippen LogP contribution in [-0.4, -0.2) is 29.2 Å². The number of carboxylic acid groups (broad SMARTS) is 1. The molecule has 1 saturated heterocycles. The largest absolute Gasteiger partial charge is 0.530 e. The average molecular weight is 406 g/mol. The molecule has 0 aromatic heterocycles. The van der Waals surface area contributed by atoms with E-state index in [1.54, 1.807) is 60.7 Å². The van der Waals surface area contributed by atoms with E-state index in [2.05, 4.69) is 0 Å². The first kappa shape index (κ1) is 20.7. The van der Waals surface area contributed by atoms with E-state index >= 15 is 0 Å². The second kappa shape index (κ2) is 8.55. The molecule has 3 unspecified atom stereocenters. The van der Waals surface area contributed by atoms with Gasteiger partial charge in [-0.05, 0) is 24.0 Å². The van der Waals surface area contributed by atoms with Crippen LogP contribution in [0, 0.1) is 0 Å². The number of nitrogens with zero attached hydrogens (tertiary/aromatic N) is 1. The minimum atomic E-state index is -4.39. The van der Waals surface area contributed by atoms with Crippen molar-refractivity contribution in [3.63, 3.8) is 0 Å². The minimum absolute atomic E-state index is 0.308. The van der Waals surface area contributed by atoms with E-state index in [9.17, 15) is 27.9 Å². The highest BCUT2D eigenvalue weighted by atomic mass is 19.4. The third-order valence-corrected chi connectivity index (χ3v) is 4.86. The summed E-state index contributed by atoms with van der Waals surface area (Å²) in [7, 11) is 0. The SMILES string of the molecule is O=C1OC(c2ccccc2)C(c2ccccc2)N(C(=O)[O-])C1CCCC(F)(F)F. The lowest BCUT2D eigenvalue weighted by molar-refractivity contribution is -0.278. The van der Waals surface area contributed by atoms with E-state index in [1.165, 1.54) is 0 Å². The summed E-state index contributed by atoms with van der Waals surface area (Å²) in [4.78, 5) is 25.4. The maximum absolute atomic E-state index is 12.6. The summed E-state index contributed by atoms with van der Waals surface area (Å²) >= 11 is 0. The Morgan fingerprint density at radius 2 is 1.55 bits per heavy atom. The van der Waals surface area contributed by atoms with E-state index in [0.717, 1.165) is 4.90 Å². The maximum Gasteiger partial charge on any atom is 0.389 e. The molecule has 3 rings (SSSR count). The fourth-order valence-electron chi connectivity index (χ4n) is 3.59. The number of alkyl halides is 3. The molecule has 0 bridgehead atoms. The minimum Gasteiger partial charge on any atom is -0.530 e. The van der Waals surface area contributed by atoms with Gasteiger partial charge in [0.05, 0.1) is 6.04 Å². The van der Waals surface area contributed by atoms with Crippen LogP contribution < -0.4 is 5.11 Å². The Morgan fingerprint density at radius 1 is 1.00 bits per heavy atom. The molecule has 1 amide bonds. The number of amides is 1. The predicted molar refractivity (Wildman–Crippen MR) is 95.4 cm³/mol. The highest BCUT2D eigenvalue weighted by Crippen LogP contribution is 2.43. The number of ether oxygens (including phenoxy) is 1. The standard InChI is InChI=1S/C21H20F3NO4/c22-21(23,24)13-7-12-16-19(26)29-18(15-10-5-2-6-11-15)17(25(16)20(27)28)14-8-3-1-4-9-14/h1-6,8-11,16-18H,7,12-13H2,(H,27,28)/p-1. The first-order chi connectivity index (χ1) is 13.8. The third kappa shape index (κ3) is 4.88. The van der Waals surface area contributed by atoms with Gasteiger partial charge in [-0.25, -0.2) is 4.79 Å². The number of halogens is 3. The van der Waals surface area contributed by atoms with Gasteiger partial charge in [-0.15, -0.1) is 0 Å². The topological polar surface area (TPSA) is 69.7 Å². The molecule has 5 nitrogen and oxygen atoms in total. The van der Waals surface area contributed by atoms with Crippen molar-refractivity contribution in [3.8, 4) is 0 Å². The highest BCUT2D eigenvalue weighted by molar-refractivity contribution is 5.82. The Balaban J connectivity index is 1.98. The molecule has 2 aromatic carbocycles. The summed E-state index contributed by atoms with van der Waals surface area (Å²) in [6.07, 6.45) is -8.79. The van der Waals surface area contributed by atoms with Crippen molar-refractivity contribution < 1.29 is 32.6 Å². The van der Waals surface area contributed by atoms with Crippen LogP contribution in [0.4, 0.5) is 18.0 Å². The quantitative estimate of drug-likeness (QED) is 0.709. The summed E-state index contributed by atoms with van der Waals surface area (Å²) in [6.45, 7) is 0. The number of carbonyl (C=O) groups is 2. The summed E-state index contributed by atoms with van der Waals surface area (Å²) in [5, 5.41) is 12.0. The number of rotatable bonds is 5. The fourth-order valence-corrected chi connectivity index (χ4v) is 3.59. The van der Waals surface area contributed by atoms with Gasteiger partial charge in [0, 0.05) is 6.42 Å². The normalized spacial score (nSPS) is 22.2. The number of carbonyl (C=O) groups excluding carboxylic acids is 2. The molecule has 8 heteroatoms. The Hall–Kier alpha value is -3.03. The van der Waals surface area contributed by atoms with Gasteiger partial charge in [0.25, 0.3) is 0 Å². The van der Waals surface area contributed by atoms with Crippen molar-refractivity contribution in [2.75, 3.05) is 0 Å². The lowest BCUT2D eigenvalue weighted by atomic mass is 9.90. The van der Waals surface area contributed by atoms with Crippen LogP contribution >= 0.6 is 0 Å². The lowest BCUT2D eigenvalue weighted by Crippen LogP contribution is -2.57. The Bertz CT molecular complexity index is 842. The molecule has 0 spiro atoms. The van der Waals surface area contributed by atoms with Crippen LogP contribution in [0.1, 0.15) is 42.5 Å². The van der Waals surface area contributed by atoms with Gasteiger partial charge in [0.1, 0.15) is 12.1 Å². The maximum atomic E-state index is 12.6. The van der Waals surface area contributed by atoms with Crippen LogP contribution in [0.2, 0.25) is 0 Å². The van der Waals surface area contributed by atoms with Crippen LogP contribution in [0.5, 0.6) is 0 Å². The molecule has 0 saturated carbocycles. The number of hydrogen-bond acceptors (Lipinski definition) is 4. The Labute approximate surface area is 165 Å². The second-order valence-electron chi connectivity index (χ2n) is 6.82. The van der Waals surface area contributed by atoms with Gasteiger partial charge in [0.2, 0.25) is 0 Å². The van der Waals surface area contributed by atoms with E-state index < -0.39 is 49.3 Å². The van der Waals surface area contributed by atoms with Crippen LogP contribution in [0.3, 0.4) is 0 Å². The van der Waals surface area contributed by atoms with Gasteiger partial charge in [-0.3, -0.25) is 0 Å². The molecule has 154 valence electrons. The fraction of sp³-hybridized carbons (Fsp3) is 0.333. The molecule has 29 heavy (non-hydrogen) atoms. The third-order valence-electron chi connectivity index (χ3n) is 4.86. The molecule has 1 aliphatic heterocycles. The van der Waals surface area contributed by atoms with E-state index in [1.807, 2.05) is 0 Å². The smallest absolute Gasteiger partial charge is 0.389 e. The van der Waals surface area contributed by atoms with E-state index in [4.69, 9.17) is 4.74 Å². The molecule has 1 heterocycles. The van der Waals surface area contributed by atoms with Gasteiger partial charge < -0.3 is 19.5 Å². The molecular weight excluding hydrogens is 387 g/mol. The number of morpholine rings is 1. The second-order valence-corrected chi connectivity index (χ2v) is 6.82. The van der Waals surface area contributed by atoms with Crippen molar-refractivity contribution in [3.05, 3.63) is 71.8 Å². The summed E-state index contributed by atoms with van der Waals surface area (Å²) in [5.74, 6) is -0.877. The molecule has 0 N–H and O–H groups in total. The van der Waals surface area contributed by atoms with Gasteiger partial charge in [0.15, 0.2) is 6.10 Å². The zero-order chi connectivity index (χ0) is 21.0. The zero-order valence-electron chi connectivity index (χ0n) is 15.3. The monoisotopic (exact) mass is 406 g/mol. The molecule has 2 aromatic rings. The van der Waals surface area contributed by atoms with Crippen LogP contribution in [0.25, 0.3) is 0 Å². The van der Waals surface area contributed by atoms with Crippen molar-refractivity contribution >= 4 is 12.1 Å². The number of cyclic esters (lactones) is 1. The number of benzene rings is 2. The molecule has 1 aliphatic rings. The highest BCUT2D eigenvalue weighted by Gasteiger charge is 2.45. The van der Waals surface area contributed by atoms with Crippen molar-refractivity contribution in [1.82, 2.24) is 4.90 Å². The summed E-state index contributed by atoms with van der Waals surface area (Å²) < 4.78 is 43.2. The molecule has 1 fully saturated rings. The van der Waals surface area contributed by atoms with Gasteiger partial charge in [-0.1, -0.05) is 60.7 Å². The van der Waals surface area contributed by atoms with Crippen molar-refractivity contribution in [2.45, 2.75) is 43.6 Å². The first-order valence-corrected chi connectivity index (χ1v) is 9.14. The van der Waals surface area contributed by atoms with E-state index in [0.29, 0.717) is 11.1 Å². The predicted octanol–water partition coefficient (Wildman–Crippen LogP) is 3.77. The molecule has 0 radical (unpaired) electrons. The van der Waals surface area contributed by atoms with Crippen molar-refractivity contribution in [1.29, 1.82) is 0 Å². The first-order valence-electron chi connectivity index (χ1n) is 9.14. The Morgan fingerprint density at radius 3 is 2.07 bits per heavy atom. The molecule has 0 aliphatic carbocycles. The zero-order valence-corrected chi connectivity index (χ0v) is 15.3. The van der Waals surface area contributed by atoms with Crippen molar-refractivity contribution in [2.24, 2.45) is 0 Å². The number of esters is 1. The summed E-state index contributed by atoms with van der Waals surface area (Å²) in [6, 6.07) is 14.8. The number of hydrogen-bond donors (Lipinski definition) is 0.